The predicted octanol–water partition coefficient (Wildman–Crippen LogP) is 3.34. The summed E-state index contributed by atoms with van der Waals surface area (Å²) in [7, 11) is 4.81. The number of rotatable bonds is 6. The number of nitrogens with zero attached hydrogens (tertiary/aromatic N) is 4. The molecular weight excluding hydrogens is 392 g/mol. The minimum atomic E-state index is -0.162. The first kappa shape index (κ1) is 19.8. The summed E-state index contributed by atoms with van der Waals surface area (Å²) in [6.45, 7) is 4.16. The van der Waals surface area contributed by atoms with E-state index in [1.54, 1.807) is 21.3 Å². The Labute approximate surface area is 173 Å². The maximum atomic E-state index is 10.9. The van der Waals surface area contributed by atoms with Crippen molar-refractivity contribution in [1.29, 1.82) is 0 Å². The van der Waals surface area contributed by atoms with Crippen LogP contribution in [0.2, 0.25) is 0 Å². The van der Waals surface area contributed by atoms with Crippen LogP contribution in [0.5, 0.6) is 23.1 Å². The molecule has 0 unspecified atom stereocenters. The Bertz CT molecular complexity index is 969. The van der Waals surface area contributed by atoms with Crippen molar-refractivity contribution in [3.63, 3.8) is 0 Å². The normalized spacial score (nSPS) is 16.8. The summed E-state index contributed by atoms with van der Waals surface area (Å²) in [6, 6.07) is 3.75. The lowest BCUT2D eigenvalue weighted by molar-refractivity contribution is 0.157. The number of thiazole rings is 1. The minimum absolute atomic E-state index is 0.125. The van der Waals surface area contributed by atoms with Crippen LogP contribution in [0.3, 0.4) is 0 Å². The summed E-state index contributed by atoms with van der Waals surface area (Å²) < 4.78 is 18.1. The lowest BCUT2D eigenvalue weighted by atomic mass is 9.95. The van der Waals surface area contributed by atoms with Gasteiger partial charge in [0.2, 0.25) is 16.6 Å². The highest BCUT2D eigenvalue weighted by Crippen LogP contribution is 2.46. The highest BCUT2D eigenvalue weighted by atomic mass is 32.1. The fraction of sp³-hybridized carbons (Fsp3) is 0.500. The zero-order valence-corrected chi connectivity index (χ0v) is 17.9. The second kappa shape index (κ2) is 8.08. The van der Waals surface area contributed by atoms with Crippen LogP contribution in [0.25, 0.3) is 4.96 Å². The second-order valence-electron chi connectivity index (χ2n) is 7.32. The Balaban J connectivity index is 1.86. The van der Waals surface area contributed by atoms with Crippen LogP contribution in [-0.2, 0) is 0 Å². The molecule has 1 aliphatic heterocycles. The number of piperidine rings is 1. The largest absolute Gasteiger partial charge is 0.493 e. The van der Waals surface area contributed by atoms with Gasteiger partial charge in [-0.3, -0.25) is 4.90 Å². The highest BCUT2D eigenvalue weighted by Gasteiger charge is 2.32. The maximum Gasteiger partial charge on any atom is 0.230 e. The fourth-order valence-electron chi connectivity index (χ4n) is 3.95. The molecule has 0 spiro atoms. The van der Waals surface area contributed by atoms with Crippen LogP contribution in [0.1, 0.15) is 36.2 Å². The van der Waals surface area contributed by atoms with E-state index in [0.29, 0.717) is 28.1 Å². The minimum Gasteiger partial charge on any atom is -0.493 e. The van der Waals surface area contributed by atoms with Crippen LogP contribution in [0, 0.1) is 5.92 Å². The molecule has 29 heavy (non-hydrogen) atoms. The summed E-state index contributed by atoms with van der Waals surface area (Å²) >= 11 is 1.45. The quantitative estimate of drug-likeness (QED) is 0.657. The number of benzene rings is 1. The first-order valence-electron chi connectivity index (χ1n) is 9.62. The van der Waals surface area contributed by atoms with Crippen LogP contribution in [-0.4, -0.2) is 59.0 Å². The van der Waals surface area contributed by atoms with E-state index in [4.69, 9.17) is 14.2 Å². The molecule has 1 fully saturated rings. The van der Waals surface area contributed by atoms with Gasteiger partial charge in [-0.25, -0.2) is 4.98 Å². The van der Waals surface area contributed by atoms with Crippen molar-refractivity contribution < 1.29 is 19.3 Å². The van der Waals surface area contributed by atoms with E-state index in [1.807, 2.05) is 12.1 Å². The Hall–Kier alpha value is -2.52. The number of likely N-dealkylation sites (tertiary alicyclic amines) is 1. The molecule has 1 aliphatic rings. The molecule has 0 saturated carbocycles. The Kier molecular flexibility index (Phi) is 5.51. The van der Waals surface area contributed by atoms with Gasteiger partial charge in [0, 0.05) is 0 Å². The van der Waals surface area contributed by atoms with E-state index in [9.17, 15) is 5.11 Å². The summed E-state index contributed by atoms with van der Waals surface area (Å²) in [5.41, 5.74) is 0.967. The molecule has 8 nitrogen and oxygen atoms in total. The van der Waals surface area contributed by atoms with Gasteiger partial charge in [0.25, 0.3) is 0 Å². The third-order valence-corrected chi connectivity index (χ3v) is 6.66. The number of methoxy groups -OCH3 is 3. The average molecular weight is 419 g/mol. The van der Waals surface area contributed by atoms with Gasteiger partial charge in [0.15, 0.2) is 11.5 Å². The van der Waals surface area contributed by atoms with Crippen molar-refractivity contribution in [2.45, 2.75) is 25.8 Å². The molecule has 9 heteroatoms. The predicted molar refractivity (Wildman–Crippen MR) is 110 cm³/mol. The third-order valence-electron chi connectivity index (χ3n) is 5.57. The first-order chi connectivity index (χ1) is 14.1. The zero-order valence-electron chi connectivity index (χ0n) is 17.1. The Morgan fingerprint density at radius 3 is 2.31 bits per heavy atom. The number of hydrogen-bond acceptors (Lipinski definition) is 8. The molecule has 2 aromatic heterocycles. The Morgan fingerprint density at radius 2 is 1.76 bits per heavy atom. The molecule has 4 rings (SSSR count). The zero-order chi connectivity index (χ0) is 20.5. The molecular formula is C20H26N4O4S. The molecule has 0 radical (unpaired) electrons. The number of ether oxygens (including phenoxy) is 3. The molecule has 1 aromatic carbocycles. The van der Waals surface area contributed by atoms with Gasteiger partial charge in [-0.05, 0) is 49.5 Å². The molecule has 0 bridgehead atoms. The van der Waals surface area contributed by atoms with E-state index in [1.165, 1.54) is 22.2 Å². The van der Waals surface area contributed by atoms with Gasteiger partial charge in [0.05, 0.1) is 32.2 Å². The van der Waals surface area contributed by atoms with Crippen LogP contribution >= 0.6 is 11.3 Å². The van der Waals surface area contributed by atoms with Gasteiger partial charge in [-0.1, -0.05) is 18.3 Å². The summed E-state index contributed by atoms with van der Waals surface area (Å²) in [5, 5.41) is 15.0. The van der Waals surface area contributed by atoms with Crippen molar-refractivity contribution in [1.82, 2.24) is 19.5 Å². The molecule has 0 amide bonds. The average Bonchev–Trinajstić information content (AvgIpc) is 3.32. The molecule has 1 atom stereocenters. The molecule has 1 saturated heterocycles. The van der Waals surface area contributed by atoms with Crippen molar-refractivity contribution in [3.8, 4) is 23.1 Å². The fourth-order valence-corrected chi connectivity index (χ4v) is 5.04. The topological polar surface area (TPSA) is 81.4 Å². The number of hydrogen-bond donors (Lipinski definition) is 1. The number of fused-ring (bicyclic) bond motifs is 1. The van der Waals surface area contributed by atoms with Crippen LogP contribution in [0.15, 0.2) is 18.5 Å². The summed E-state index contributed by atoms with van der Waals surface area (Å²) in [5.74, 6) is 2.56. The first-order valence-corrected chi connectivity index (χ1v) is 10.4. The summed E-state index contributed by atoms with van der Waals surface area (Å²) in [4.78, 5) is 8.12. The van der Waals surface area contributed by atoms with Gasteiger partial charge in [0.1, 0.15) is 6.33 Å². The number of aromatic nitrogens is 3. The lowest BCUT2D eigenvalue weighted by Gasteiger charge is -2.36. The van der Waals surface area contributed by atoms with Crippen LogP contribution in [0.4, 0.5) is 0 Å². The van der Waals surface area contributed by atoms with E-state index in [-0.39, 0.29) is 11.9 Å². The molecule has 156 valence electrons. The van der Waals surface area contributed by atoms with Crippen molar-refractivity contribution >= 4 is 16.3 Å². The molecule has 1 N–H and O–H groups in total. The van der Waals surface area contributed by atoms with E-state index in [2.05, 4.69) is 21.9 Å². The molecule has 0 aliphatic carbocycles. The Morgan fingerprint density at radius 1 is 1.10 bits per heavy atom. The second-order valence-corrected chi connectivity index (χ2v) is 8.33. The monoisotopic (exact) mass is 418 g/mol. The third kappa shape index (κ3) is 3.49. The number of aromatic hydroxyl groups is 1. The smallest absolute Gasteiger partial charge is 0.230 e. The van der Waals surface area contributed by atoms with Gasteiger partial charge < -0.3 is 19.3 Å². The maximum absolute atomic E-state index is 10.9. The van der Waals surface area contributed by atoms with Crippen LogP contribution < -0.4 is 14.2 Å². The lowest BCUT2D eigenvalue weighted by Crippen LogP contribution is -2.36. The van der Waals surface area contributed by atoms with E-state index < -0.39 is 0 Å². The molecule has 3 aromatic rings. The van der Waals surface area contributed by atoms with Gasteiger partial charge in [-0.2, -0.15) is 9.61 Å². The SMILES string of the molecule is COc1cc([C@H](c2sc3ncnn3c2O)N2CCC(C)CC2)cc(OC)c1OC. The van der Waals surface area contributed by atoms with Gasteiger partial charge >= 0.3 is 0 Å². The van der Waals surface area contributed by atoms with E-state index in [0.717, 1.165) is 36.4 Å². The van der Waals surface area contributed by atoms with E-state index >= 15 is 0 Å². The standard InChI is InChI=1S/C20H26N4O4S/c1-12-5-7-23(8-6-12)16(18-19(25)24-20(29-18)21-11-22-24)13-9-14(26-2)17(28-4)15(10-13)27-3/h9-12,16,25H,5-8H2,1-4H3/t16-/m1/s1. The van der Waals surface area contributed by atoms with Crippen molar-refractivity contribution in [2.75, 3.05) is 34.4 Å². The van der Waals surface area contributed by atoms with Crippen molar-refractivity contribution in [3.05, 3.63) is 28.9 Å². The summed E-state index contributed by atoms with van der Waals surface area (Å²) in [6.07, 6.45) is 3.68. The highest BCUT2D eigenvalue weighted by molar-refractivity contribution is 7.17. The molecule has 3 heterocycles. The van der Waals surface area contributed by atoms with Crippen molar-refractivity contribution in [2.24, 2.45) is 5.92 Å². The van der Waals surface area contributed by atoms with Gasteiger partial charge in [-0.15, -0.1) is 0 Å².